The van der Waals surface area contributed by atoms with Gasteiger partial charge in [0.25, 0.3) is 0 Å². The van der Waals surface area contributed by atoms with Gasteiger partial charge in [0.2, 0.25) is 5.28 Å². The molecule has 0 radical (unpaired) electrons. The Morgan fingerprint density at radius 2 is 1.89 bits per heavy atom. The monoisotopic (exact) mass is 282 g/mol. The summed E-state index contributed by atoms with van der Waals surface area (Å²) >= 11 is 5.88. The summed E-state index contributed by atoms with van der Waals surface area (Å²) in [5.41, 5.74) is 2.03. The molecule has 1 fully saturated rings. The Balaban J connectivity index is 1.70. The molecule has 1 aliphatic heterocycles. The first-order valence-corrected chi connectivity index (χ1v) is 7.51. The van der Waals surface area contributed by atoms with Gasteiger partial charge in [-0.2, -0.15) is 0 Å². The summed E-state index contributed by atoms with van der Waals surface area (Å²) in [6.07, 6.45) is 5.15. The number of unbranched alkanes of at least 4 members (excludes halogenated alkanes) is 1. The van der Waals surface area contributed by atoms with Crippen molar-refractivity contribution in [2.24, 2.45) is 0 Å². The van der Waals surface area contributed by atoms with E-state index in [9.17, 15) is 0 Å². The predicted octanol–water partition coefficient (Wildman–Crippen LogP) is 3.03. The minimum absolute atomic E-state index is 0.322. The SMILES string of the molecule is Cc1nc(Cl)nc(NCCCCN2CCCC2)c1C. The standard InChI is InChI=1S/C14H23ClN4/c1-11-12(2)17-14(15)18-13(11)16-7-3-4-8-19-9-5-6-10-19/h3-10H2,1-2H3,(H,16,17,18). The number of rotatable bonds is 6. The maximum Gasteiger partial charge on any atom is 0.224 e. The molecule has 1 saturated heterocycles. The van der Waals surface area contributed by atoms with E-state index in [0.29, 0.717) is 5.28 Å². The van der Waals surface area contributed by atoms with Gasteiger partial charge in [-0.1, -0.05) is 0 Å². The normalized spacial score (nSPS) is 15.9. The summed E-state index contributed by atoms with van der Waals surface area (Å²) in [7, 11) is 0. The van der Waals surface area contributed by atoms with Crippen LogP contribution in [0.3, 0.4) is 0 Å². The van der Waals surface area contributed by atoms with E-state index < -0.39 is 0 Å². The first-order valence-electron chi connectivity index (χ1n) is 7.14. The Hall–Kier alpha value is -0.870. The van der Waals surface area contributed by atoms with Gasteiger partial charge in [-0.05, 0) is 70.8 Å². The number of aromatic nitrogens is 2. The highest BCUT2D eigenvalue weighted by Crippen LogP contribution is 2.17. The number of hydrogen-bond donors (Lipinski definition) is 1. The Kier molecular flexibility index (Phi) is 5.40. The molecule has 1 N–H and O–H groups in total. The number of nitrogens with one attached hydrogen (secondary N) is 1. The van der Waals surface area contributed by atoms with Crippen LogP contribution in [0.1, 0.15) is 36.9 Å². The van der Waals surface area contributed by atoms with Gasteiger partial charge in [-0.3, -0.25) is 0 Å². The Morgan fingerprint density at radius 3 is 2.63 bits per heavy atom. The van der Waals surface area contributed by atoms with Gasteiger partial charge >= 0.3 is 0 Å². The summed E-state index contributed by atoms with van der Waals surface area (Å²) in [5, 5.41) is 3.69. The van der Waals surface area contributed by atoms with Crippen LogP contribution in [0.25, 0.3) is 0 Å². The number of likely N-dealkylation sites (tertiary alicyclic amines) is 1. The van der Waals surface area contributed by atoms with Crippen molar-refractivity contribution in [1.29, 1.82) is 0 Å². The zero-order valence-electron chi connectivity index (χ0n) is 11.9. The van der Waals surface area contributed by atoms with E-state index in [1.54, 1.807) is 0 Å². The third-order valence-corrected chi connectivity index (χ3v) is 3.92. The lowest BCUT2D eigenvalue weighted by atomic mass is 10.2. The van der Waals surface area contributed by atoms with Crippen molar-refractivity contribution in [3.8, 4) is 0 Å². The summed E-state index contributed by atoms with van der Waals surface area (Å²) in [6, 6.07) is 0. The first kappa shape index (κ1) is 14.5. The molecule has 5 heteroatoms. The van der Waals surface area contributed by atoms with Crippen LogP contribution in [0.15, 0.2) is 0 Å². The van der Waals surface area contributed by atoms with Crippen LogP contribution in [0, 0.1) is 13.8 Å². The van der Waals surface area contributed by atoms with Crippen LogP contribution in [-0.2, 0) is 0 Å². The average molecular weight is 283 g/mol. The second kappa shape index (κ2) is 7.06. The molecule has 1 aromatic heterocycles. The summed E-state index contributed by atoms with van der Waals surface area (Å²) in [4.78, 5) is 10.9. The highest BCUT2D eigenvalue weighted by atomic mass is 35.5. The van der Waals surface area contributed by atoms with E-state index >= 15 is 0 Å². The molecule has 0 unspecified atom stereocenters. The molecule has 4 nitrogen and oxygen atoms in total. The van der Waals surface area contributed by atoms with Gasteiger partial charge in [0.05, 0.1) is 0 Å². The number of halogens is 1. The van der Waals surface area contributed by atoms with Crippen LogP contribution in [0.4, 0.5) is 5.82 Å². The molecule has 0 aromatic carbocycles. The molecule has 0 aliphatic carbocycles. The molecular weight excluding hydrogens is 260 g/mol. The van der Waals surface area contributed by atoms with Crippen molar-refractivity contribution in [2.45, 2.75) is 39.5 Å². The molecule has 0 amide bonds. The largest absolute Gasteiger partial charge is 0.370 e. The topological polar surface area (TPSA) is 41.1 Å². The van der Waals surface area contributed by atoms with Crippen LogP contribution in [-0.4, -0.2) is 41.0 Å². The lowest BCUT2D eigenvalue weighted by molar-refractivity contribution is 0.331. The number of anilines is 1. The van der Waals surface area contributed by atoms with E-state index in [-0.39, 0.29) is 0 Å². The fraction of sp³-hybridized carbons (Fsp3) is 0.714. The van der Waals surface area contributed by atoms with Crippen molar-refractivity contribution >= 4 is 17.4 Å². The number of aryl methyl sites for hydroxylation is 1. The molecule has 2 heterocycles. The highest BCUT2D eigenvalue weighted by Gasteiger charge is 2.10. The maximum atomic E-state index is 5.88. The van der Waals surface area contributed by atoms with Crippen molar-refractivity contribution in [3.05, 3.63) is 16.5 Å². The number of hydrogen-bond acceptors (Lipinski definition) is 4. The van der Waals surface area contributed by atoms with E-state index in [1.165, 1.54) is 38.9 Å². The zero-order chi connectivity index (χ0) is 13.7. The molecule has 19 heavy (non-hydrogen) atoms. The second-order valence-electron chi connectivity index (χ2n) is 5.23. The van der Waals surface area contributed by atoms with E-state index in [0.717, 1.165) is 30.0 Å². The molecular formula is C14H23ClN4. The van der Waals surface area contributed by atoms with Crippen LogP contribution in [0.5, 0.6) is 0 Å². The second-order valence-corrected chi connectivity index (χ2v) is 5.57. The van der Waals surface area contributed by atoms with Crippen LogP contribution < -0.4 is 5.32 Å². The molecule has 0 spiro atoms. The summed E-state index contributed by atoms with van der Waals surface area (Å²) in [5.74, 6) is 0.874. The fourth-order valence-electron chi connectivity index (χ4n) is 2.44. The third-order valence-electron chi connectivity index (χ3n) is 3.75. The van der Waals surface area contributed by atoms with Gasteiger partial charge in [-0.25, -0.2) is 9.97 Å². The minimum Gasteiger partial charge on any atom is -0.370 e. The van der Waals surface area contributed by atoms with Crippen molar-refractivity contribution in [3.63, 3.8) is 0 Å². The zero-order valence-corrected chi connectivity index (χ0v) is 12.6. The lowest BCUT2D eigenvalue weighted by Gasteiger charge is -2.14. The van der Waals surface area contributed by atoms with E-state index in [1.807, 2.05) is 13.8 Å². The Labute approximate surface area is 120 Å². The van der Waals surface area contributed by atoms with Crippen LogP contribution >= 0.6 is 11.6 Å². The number of nitrogens with zero attached hydrogens (tertiary/aromatic N) is 3. The molecule has 0 atom stereocenters. The highest BCUT2D eigenvalue weighted by molar-refractivity contribution is 6.28. The van der Waals surface area contributed by atoms with Gasteiger partial charge < -0.3 is 10.2 Å². The molecule has 1 aliphatic rings. The molecule has 106 valence electrons. The van der Waals surface area contributed by atoms with Crippen LogP contribution in [0.2, 0.25) is 5.28 Å². The van der Waals surface area contributed by atoms with E-state index in [2.05, 4.69) is 20.2 Å². The van der Waals surface area contributed by atoms with Gasteiger partial charge in [0.15, 0.2) is 0 Å². The smallest absolute Gasteiger partial charge is 0.224 e. The quantitative estimate of drug-likeness (QED) is 0.643. The molecule has 1 aromatic rings. The molecule has 0 saturated carbocycles. The van der Waals surface area contributed by atoms with Crippen molar-refractivity contribution in [1.82, 2.24) is 14.9 Å². The Bertz CT molecular complexity index is 416. The van der Waals surface area contributed by atoms with Gasteiger partial charge in [0.1, 0.15) is 5.82 Å². The average Bonchev–Trinajstić information content (AvgIpc) is 2.87. The maximum absolute atomic E-state index is 5.88. The minimum atomic E-state index is 0.322. The molecule has 0 bridgehead atoms. The van der Waals surface area contributed by atoms with E-state index in [4.69, 9.17) is 11.6 Å². The van der Waals surface area contributed by atoms with Crippen molar-refractivity contribution in [2.75, 3.05) is 31.5 Å². The predicted molar refractivity (Wildman–Crippen MR) is 79.9 cm³/mol. The Morgan fingerprint density at radius 1 is 1.16 bits per heavy atom. The van der Waals surface area contributed by atoms with Crippen molar-refractivity contribution < 1.29 is 0 Å². The van der Waals surface area contributed by atoms with Gasteiger partial charge in [-0.15, -0.1) is 0 Å². The van der Waals surface area contributed by atoms with Gasteiger partial charge in [0, 0.05) is 17.8 Å². The third kappa shape index (κ3) is 4.32. The summed E-state index contributed by atoms with van der Waals surface area (Å²) in [6.45, 7) is 8.73. The lowest BCUT2D eigenvalue weighted by Crippen LogP contribution is -2.21. The first-order chi connectivity index (χ1) is 9.16. The fourth-order valence-corrected chi connectivity index (χ4v) is 2.65. The summed E-state index contributed by atoms with van der Waals surface area (Å²) < 4.78 is 0. The molecule has 2 rings (SSSR count).